The summed E-state index contributed by atoms with van der Waals surface area (Å²) in [5.41, 5.74) is 2.01. The largest absolute Gasteiger partial charge is 0.497 e. The zero-order chi connectivity index (χ0) is 20.6. The van der Waals surface area contributed by atoms with Crippen LogP contribution < -0.4 is 14.8 Å². The Morgan fingerprint density at radius 2 is 1.83 bits per heavy atom. The SMILES string of the molecule is CN=C(NCc1nc(-c2ccc(OC)cc2)n[nH]1)N(C)Cc1ccccc1OC.I. The number of rotatable bonds is 7. The number of hydrogen-bond donors (Lipinski definition) is 2. The lowest BCUT2D eigenvalue weighted by atomic mass is 10.2. The third kappa shape index (κ3) is 5.85. The molecule has 8 nitrogen and oxygen atoms in total. The number of aliphatic imine (C=N–C) groups is 1. The van der Waals surface area contributed by atoms with Gasteiger partial charge in [0.2, 0.25) is 0 Å². The average molecular weight is 522 g/mol. The van der Waals surface area contributed by atoms with Crippen LogP contribution in [0, 0.1) is 0 Å². The molecule has 3 rings (SSSR count). The predicted molar refractivity (Wildman–Crippen MR) is 128 cm³/mol. The lowest BCUT2D eigenvalue weighted by Gasteiger charge is -2.22. The van der Waals surface area contributed by atoms with Crippen molar-refractivity contribution in [2.75, 3.05) is 28.3 Å². The highest BCUT2D eigenvalue weighted by molar-refractivity contribution is 14.0. The lowest BCUT2D eigenvalue weighted by molar-refractivity contribution is 0.396. The molecule has 0 saturated carbocycles. The normalized spacial score (nSPS) is 10.9. The molecule has 2 aromatic carbocycles. The molecule has 1 aromatic heterocycles. The van der Waals surface area contributed by atoms with E-state index in [0.29, 0.717) is 18.9 Å². The van der Waals surface area contributed by atoms with Crippen molar-refractivity contribution in [3.8, 4) is 22.9 Å². The Balaban J connectivity index is 0.00000320. The molecule has 0 bridgehead atoms. The number of para-hydroxylation sites is 1. The van der Waals surface area contributed by atoms with E-state index in [1.165, 1.54) is 0 Å². The number of benzene rings is 2. The quantitative estimate of drug-likeness (QED) is 0.281. The van der Waals surface area contributed by atoms with Crippen LogP contribution in [0.25, 0.3) is 11.4 Å². The minimum Gasteiger partial charge on any atom is -0.497 e. The number of guanidine groups is 1. The van der Waals surface area contributed by atoms with Gasteiger partial charge in [-0.25, -0.2) is 4.98 Å². The molecule has 0 fully saturated rings. The van der Waals surface area contributed by atoms with E-state index in [9.17, 15) is 0 Å². The van der Waals surface area contributed by atoms with Gasteiger partial charge in [-0.05, 0) is 30.3 Å². The zero-order valence-corrected chi connectivity index (χ0v) is 19.9. The predicted octanol–water partition coefficient (Wildman–Crippen LogP) is 3.31. The lowest BCUT2D eigenvalue weighted by Crippen LogP contribution is -2.38. The number of hydrogen-bond acceptors (Lipinski definition) is 5. The summed E-state index contributed by atoms with van der Waals surface area (Å²) in [5.74, 6) is 3.77. The van der Waals surface area contributed by atoms with E-state index in [-0.39, 0.29) is 24.0 Å². The summed E-state index contributed by atoms with van der Waals surface area (Å²) in [4.78, 5) is 10.9. The van der Waals surface area contributed by atoms with Gasteiger partial charge in [-0.15, -0.1) is 24.0 Å². The van der Waals surface area contributed by atoms with Crippen LogP contribution in [-0.4, -0.2) is 54.4 Å². The topological polar surface area (TPSA) is 87.7 Å². The molecule has 0 amide bonds. The van der Waals surface area contributed by atoms with Crippen molar-refractivity contribution in [2.45, 2.75) is 13.1 Å². The van der Waals surface area contributed by atoms with Gasteiger partial charge in [0, 0.05) is 31.8 Å². The smallest absolute Gasteiger partial charge is 0.194 e. The number of ether oxygens (including phenoxy) is 2. The van der Waals surface area contributed by atoms with Gasteiger partial charge >= 0.3 is 0 Å². The first-order chi connectivity index (χ1) is 14.1. The molecule has 3 aromatic rings. The molecule has 0 aliphatic rings. The summed E-state index contributed by atoms with van der Waals surface area (Å²) in [6, 6.07) is 15.6. The molecular formula is C21H27IN6O2. The fraction of sp³-hybridized carbons (Fsp3) is 0.286. The van der Waals surface area contributed by atoms with Crippen LogP contribution in [0.1, 0.15) is 11.4 Å². The van der Waals surface area contributed by atoms with Crippen LogP contribution in [0.4, 0.5) is 0 Å². The standard InChI is InChI=1S/C21H26N6O2.HI/c1-22-21(27(2)14-16-7-5-6-8-18(16)29-4)23-13-19-24-20(26-25-19)15-9-11-17(28-3)12-10-15;/h5-12H,13-14H2,1-4H3,(H,22,23)(H,24,25,26);1H. The Morgan fingerprint density at radius 3 is 2.50 bits per heavy atom. The van der Waals surface area contributed by atoms with Crippen LogP contribution in [0.2, 0.25) is 0 Å². The Bertz CT molecular complexity index is 958. The summed E-state index contributed by atoms with van der Waals surface area (Å²) in [6.07, 6.45) is 0. The van der Waals surface area contributed by atoms with Gasteiger partial charge in [0.1, 0.15) is 17.3 Å². The van der Waals surface area contributed by atoms with Crippen molar-refractivity contribution in [2.24, 2.45) is 4.99 Å². The second kappa shape index (κ2) is 11.4. The van der Waals surface area contributed by atoms with E-state index in [1.807, 2.05) is 60.5 Å². The molecule has 0 spiro atoms. The molecule has 0 saturated heterocycles. The molecule has 30 heavy (non-hydrogen) atoms. The second-order valence-electron chi connectivity index (χ2n) is 6.40. The Morgan fingerprint density at radius 1 is 1.10 bits per heavy atom. The maximum absolute atomic E-state index is 5.43. The van der Waals surface area contributed by atoms with Crippen LogP contribution in [0.5, 0.6) is 11.5 Å². The molecule has 0 unspecified atom stereocenters. The van der Waals surface area contributed by atoms with Gasteiger partial charge in [-0.1, -0.05) is 18.2 Å². The molecule has 0 atom stereocenters. The highest BCUT2D eigenvalue weighted by Crippen LogP contribution is 2.20. The minimum atomic E-state index is 0. The monoisotopic (exact) mass is 522 g/mol. The number of nitrogens with zero attached hydrogens (tertiary/aromatic N) is 4. The summed E-state index contributed by atoms with van der Waals surface area (Å²) in [5, 5.41) is 10.6. The average Bonchev–Trinajstić information content (AvgIpc) is 3.23. The van der Waals surface area contributed by atoms with Crippen molar-refractivity contribution < 1.29 is 9.47 Å². The first kappa shape index (κ1) is 23.5. The van der Waals surface area contributed by atoms with Crippen molar-refractivity contribution in [3.05, 3.63) is 59.9 Å². The van der Waals surface area contributed by atoms with Gasteiger partial charge in [0.25, 0.3) is 0 Å². The van der Waals surface area contributed by atoms with Crippen LogP contribution in [0.15, 0.2) is 53.5 Å². The fourth-order valence-corrected chi connectivity index (χ4v) is 2.96. The summed E-state index contributed by atoms with van der Waals surface area (Å²) in [7, 11) is 7.05. The highest BCUT2D eigenvalue weighted by atomic mass is 127. The maximum Gasteiger partial charge on any atom is 0.194 e. The maximum atomic E-state index is 5.43. The van der Waals surface area contributed by atoms with Crippen molar-refractivity contribution in [1.29, 1.82) is 0 Å². The molecule has 0 radical (unpaired) electrons. The van der Waals surface area contributed by atoms with Gasteiger partial charge in [-0.2, -0.15) is 5.10 Å². The van der Waals surface area contributed by atoms with E-state index in [0.717, 1.165) is 34.4 Å². The van der Waals surface area contributed by atoms with Crippen LogP contribution >= 0.6 is 24.0 Å². The fourth-order valence-electron chi connectivity index (χ4n) is 2.96. The third-order valence-electron chi connectivity index (χ3n) is 4.47. The minimum absolute atomic E-state index is 0. The molecule has 0 aliphatic heterocycles. The van der Waals surface area contributed by atoms with Gasteiger partial charge < -0.3 is 19.7 Å². The first-order valence-corrected chi connectivity index (χ1v) is 9.24. The number of nitrogens with one attached hydrogen (secondary N) is 2. The van der Waals surface area contributed by atoms with Gasteiger partial charge in [-0.3, -0.25) is 10.1 Å². The van der Waals surface area contributed by atoms with Crippen molar-refractivity contribution in [3.63, 3.8) is 0 Å². The molecule has 9 heteroatoms. The third-order valence-corrected chi connectivity index (χ3v) is 4.47. The number of H-pyrrole nitrogens is 1. The zero-order valence-electron chi connectivity index (χ0n) is 17.5. The Kier molecular flexibility index (Phi) is 8.90. The second-order valence-corrected chi connectivity index (χ2v) is 6.40. The molecule has 1 heterocycles. The van der Waals surface area contributed by atoms with E-state index < -0.39 is 0 Å². The van der Waals surface area contributed by atoms with Crippen molar-refractivity contribution >= 4 is 29.9 Å². The first-order valence-electron chi connectivity index (χ1n) is 9.24. The summed E-state index contributed by atoms with van der Waals surface area (Å²) in [6.45, 7) is 1.14. The van der Waals surface area contributed by atoms with Crippen molar-refractivity contribution in [1.82, 2.24) is 25.4 Å². The van der Waals surface area contributed by atoms with Gasteiger partial charge in [0.05, 0.1) is 20.8 Å². The molecule has 160 valence electrons. The number of halogens is 1. The summed E-state index contributed by atoms with van der Waals surface area (Å²) >= 11 is 0. The highest BCUT2D eigenvalue weighted by Gasteiger charge is 2.11. The van der Waals surface area contributed by atoms with E-state index >= 15 is 0 Å². The molecular weight excluding hydrogens is 495 g/mol. The van der Waals surface area contributed by atoms with E-state index in [1.54, 1.807) is 21.3 Å². The number of aromatic amines is 1. The number of aromatic nitrogens is 3. The van der Waals surface area contributed by atoms with Gasteiger partial charge in [0.15, 0.2) is 11.8 Å². The Labute approximate surface area is 193 Å². The van der Waals surface area contributed by atoms with Crippen LogP contribution in [0.3, 0.4) is 0 Å². The molecule has 2 N–H and O–H groups in total. The van der Waals surface area contributed by atoms with Crippen LogP contribution in [-0.2, 0) is 13.1 Å². The van der Waals surface area contributed by atoms with E-state index in [2.05, 4.69) is 25.5 Å². The van der Waals surface area contributed by atoms with E-state index in [4.69, 9.17) is 9.47 Å². The number of methoxy groups -OCH3 is 2. The Hall–Kier alpha value is -2.82. The summed E-state index contributed by atoms with van der Waals surface area (Å²) < 4.78 is 10.6. The molecule has 0 aliphatic carbocycles.